The largest absolute Gasteiger partial charge is 0.479 e. The fourth-order valence-electron chi connectivity index (χ4n) is 2.68. The second-order valence-electron chi connectivity index (χ2n) is 5.07. The van der Waals surface area contributed by atoms with Crippen molar-refractivity contribution in [2.24, 2.45) is 0 Å². The molecule has 0 spiro atoms. The van der Waals surface area contributed by atoms with E-state index in [9.17, 15) is 18.8 Å². The lowest BCUT2D eigenvalue weighted by molar-refractivity contribution is -0.149. The molecule has 0 radical (unpaired) electrons. The molecule has 2 aliphatic rings. The van der Waals surface area contributed by atoms with Crippen LogP contribution in [-0.4, -0.2) is 41.5 Å². The van der Waals surface area contributed by atoms with E-state index in [0.717, 1.165) is 6.07 Å². The minimum absolute atomic E-state index is 0.0350. The molecule has 1 N–H and O–H groups in total. The van der Waals surface area contributed by atoms with Gasteiger partial charge >= 0.3 is 5.97 Å². The van der Waals surface area contributed by atoms with E-state index in [-0.39, 0.29) is 12.1 Å². The Kier molecular flexibility index (Phi) is 3.21. The number of carboxylic acid groups (broad SMARTS) is 1. The molecule has 0 saturated carbocycles. The molecule has 21 heavy (non-hydrogen) atoms. The monoisotopic (exact) mass is 293 g/mol. The topological polar surface area (TPSA) is 83.9 Å². The van der Waals surface area contributed by atoms with Crippen molar-refractivity contribution in [3.05, 3.63) is 29.6 Å². The lowest BCUT2D eigenvalue weighted by Crippen LogP contribution is -2.37. The molecular weight excluding hydrogens is 281 g/mol. The number of carboxylic acids is 1. The number of nitrogens with zero attached hydrogens (tertiary/aromatic N) is 1. The number of carbonyl (C=O) groups is 3. The molecule has 110 valence electrons. The number of rotatable bonds is 3. The minimum atomic E-state index is -1.04. The predicted octanol–water partition coefficient (Wildman–Crippen LogP) is 0.987. The van der Waals surface area contributed by atoms with Gasteiger partial charge in [0.15, 0.2) is 6.10 Å². The third-order valence-electron chi connectivity index (χ3n) is 3.70. The standard InChI is InChI=1S/C14H12FNO5/c15-7-1-3-10-9(5-7)12(17)13(18)16(10)6-8-2-4-11(21-8)14(19)20/h1,3,5,8,11H,2,4,6H2,(H,19,20). The maximum Gasteiger partial charge on any atom is 0.332 e. The Morgan fingerprint density at radius 1 is 1.38 bits per heavy atom. The van der Waals surface area contributed by atoms with Gasteiger partial charge in [-0.3, -0.25) is 9.59 Å². The van der Waals surface area contributed by atoms with Crippen LogP contribution in [0.3, 0.4) is 0 Å². The summed E-state index contributed by atoms with van der Waals surface area (Å²) in [7, 11) is 0. The minimum Gasteiger partial charge on any atom is -0.479 e. The average molecular weight is 293 g/mol. The van der Waals surface area contributed by atoms with Gasteiger partial charge in [0.2, 0.25) is 0 Å². The Morgan fingerprint density at radius 3 is 2.81 bits per heavy atom. The van der Waals surface area contributed by atoms with Gasteiger partial charge in [0.1, 0.15) is 5.82 Å². The zero-order valence-electron chi connectivity index (χ0n) is 10.9. The van der Waals surface area contributed by atoms with Crippen LogP contribution in [0, 0.1) is 5.82 Å². The summed E-state index contributed by atoms with van der Waals surface area (Å²) in [5, 5.41) is 8.87. The summed E-state index contributed by atoms with van der Waals surface area (Å²) in [5.74, 6) is -3.11. The van der Waals surface area contributed by atoms with Crippen LogP contribution in [0.5, 0.6) is 0 Å². The van der Waals surface area contributed by atoms with Crippen LogP contribution in [-0.2, 0) is 14.3 Å². The summed E-state index contributed by atoms with van der Waals surface area (Å²) in [6, 6.07) is 3.58. The van der Waals surface area contributed by atoms with Crippen LogP contribution in [0.2, 0.25) is 0 Å². The normalized spacial score (nSPS) is 24.5. The number of fused-ring (bicyclic) bond motifs is 1. The van der Waals surface area contributed by atoms with Gasteiger partial charge in [-0.2, -0.15) is 0 Å². The SMILES string of the molecule is O=C1C(=O)N(CC2CCC(C(=O)O)O2)c2ccc(F)cc21. The quantitative estimate of drug-likeness (QED) is 0.840. The highest BCUT2D eigenvalue weighted by atomic mass is 19.1. The molecule has 7 heteroatoms. The third-order valence-corrected chi connectivity index (χ3v) is 3.70. The molecule has 3 rings (SSSR count). The molecule has 1 fully saturated rings. The number of ketones is 1. The maximum atomic E-state index is 13.2. The zero-order valence-corrected chi connectivity index (χ0v) is 10.9. The van der Waals surface area contributed by atoms with Gasteiger partial charge in [-0.15, -0.1) is 0 Å². The summed E-state index contributed by atoms with van der Waals surface area (Å²) >= 11 is 0. The molecule has 1 aromatic rings. The molecule has 2 unspecified atom stereocenters. The summed E-state index contributed by atoms with van der Waals surface area (Å²) in [6.07, 6.45) is -0.465. The number of aliphatic carboxylic acids is 1. The van der Waals surface area contributed by atoms with Crippen molar-refractivity contribution in [1.29, 1.82) is 0 Å². The second kappa shape index (κ2) is 4.92. The Bertz CT molecular complexity index is 644. The van der Waals surface area contributed by atoms with Crippen molar-refractivity contribution in [2.45, 2.75) is 25.0 Å². The van der Waals surface area contributed by atoms with Crippen LogP contribution < -0.4 is 4.90 Å². The van der Waals surface area contributed by atoms with Crippen LogP contribution in [0.1, 0.15) is 23.2 Å². The van der Waals surface area contributed by atoms with E-state index >= 15 is 0 Å². The average Bonchev–Trinajstić information content (AvgIpc) is 2.99. The predicted molar refractivity (Wildman–Crippen MR) is 68.6 cm³/mol. The van der Waals surface area contributed by atoms with Crippen molar-refractivity contribution >= 4 is 23.3 Å². The first-order valence-electron chi connectivity index (χ1n) is 6.51. The highest BCUT2D eigenvalue weighted by Gasteiger charge is 2.39. The number of ether oxygens (including phenoxy) is 1. The van der Waals surface area contributed by atoms with E-state index in [1.807, 2.05) is 0 Å². The summed E-state index contributed by atoms with van der Waals surface area (Å²) in [6.45, 7) is 0.0903. The van der Waals surface area contributed by atoms with E-state index in [4.69, 9.17) is 9.84 Å². The number of halogens is 1. The Morgan fingerprint density at radius 2 is 2.14 bits per heavy atom. The number of hydrogen-bond acceptors (Lipinski definition) is 4. The molecule has 0 aromatic heterocycles. The van der Waals surface area contributed by atoms with E-state index in [1.165, 1.54) is 17.0 Å². The maximum absolute atomic E-state index is 13.2. The highest BCUT2D eigenvalue weighted by Crippen LogP contribution is 2.31. The number of anilines is 1. The fourth-order valence-corrected chi connectivity index (χ4v) is 2.68. The molecule has 0 aliphatic carbocycles. The van der Waals surface area contributed by atoms with Crippen LogP contribution in [0.25, 0.3) is 0 Å². The van der Waals surface area contributed by atoms with Gasteiger partial charge in [0.05, 0.1) is 23.9 Å². The van der Waals surface area contributed by atoms with Gasteiger partial charge in [0, 0.05) is 0 Å². The van der Waals surface area contributed by atoms with Crippen LogP contribution in [0.4, 0.5) is 10.1 Å². The molecular formula is C14H12FNO5. The van der Waals surface area contributed by atoms with Crippen molar-refractivity contribution in [1.82, 2.24) is 0 Å². The van der Waals surface area contributed by atoms with Crippen LogP contribution in [0.15, 0.2) is 18.2 Å². The van der Waals surface area contributed by atoms with E-state index < -0.39 is 35.7 Å². The van der Waals surface area contributed by atoms with Crippen molar-refractivity contribution in [2.75, 3.05) is 11.4 Å². The van der Waals surface area contributed by atoms with Gasteiger partial charge < -0.3 is 14.7 Å². The van der Waals surface area contributed by atoms with E-state index in [1.54, 1.807) is 0 Å². The smallest absolute Gasteiger partial charge is 0.332 e. The summed E-state index contributed by atoms with van der Waals surface area (Å²) in [4.78, 5) is 35.8. The second-order valence-corrected chi connectivity index (χ2v) is 5.07. The summed E-state index contributed by atoms with van der Waals surface area (Å²) < 4.78 is 18.5. The number of Topliss-reactive ketones (excluding diaryl/α,β-unsaturated/α-hetero) is 1. The van der Waals surface area contributed by atoms with Gasteiger partial charge in [-0.25, -0.2) is 9.18 Å². The number of carbonyl (C=O) groups excluding carboxylic acids is 2. The fraction of sp³-hybridized carbons (Fsp3) is 0.357. The lowest BCUT2D eigenvalue weighted by atomic mass is 10.1. The Balaban J connectivity index is 1.80. The molecule has 0 bridgehead atoms. The highest BCUT2D eigenvalue weighted by molar-refractivity contribution is 6.52. The van der Waals surface area contributed by atoms with Gasteiger partial charge in [-0.05, 0) is 31.0 Å². The molecule has 1 aromatic carbocycles. The van der Waals surface area contributed by atoms with Crippen LogP contribution >= 0.6 is 0 Å². The van der Waals surface area contributed by atoms with Gasteiger partial charge in [0.25, 0.3) is 11.7 Å². The molecule has 2 atom stereocenters. The zero-order chi connectivity index (χ0) is 15.1. The van der Waals surface area contributed by atoms with E-state index in [0.29, 0.717) is 18.5 Å². The van der Waals surface area contributed by atoms with Crippen molar-refractivity contribution < 1.29 is 28.6 Å². The third kappa shape index (κ3) is 2.29. The molecule has 2 heterocycles. The Labute approximate surface area is 119 Å². The molecule has 6 nitrogen and oxygen atoms in total. The van der Waals surface area contributed by atoms with Crippen molar-refractivity contribution in [3.63, 3.8) is 0 Å². The first-order valence-corrected chi connectivity index (χ1v) is 6.51. The van der Waals surface area contributed by atoms with E-state index in [2.05, 4.69) is 0 Å². The molecule has 1 saturated heterocycles. The van der Waals surface area contributed by atoms with Gasteiger partial charge in [-0.1, -0.05) is 0 Å². The summed E-state index contributed by atoms with van der Waals surface area (Å²) in [5.41, 5.74) is 0.376. The lowest BCUT2D eigenvalue weighted by Gasteiger charge is -2.20. The Hall–Kier alpha value is -2.28. The molecule has 2 aliphatic heterocycles. The number of amides is 1. The number of benzene rings is 1. The molecule has 1 amide bonds. The van der Waals surface area contributed by atoms with Crippen molar-refractivity contribution in [3.8, 4) is 0 Å². The number of hydrogen-bond donors (Lipinski definition) is 1. The first kappa shape index (κ1) is 13.7. The first-order chi connectivity index (χ1) is 9.97.